The number of carbonyl (C=O) groups excluding carboxylic acids is 2. The number of nitrogens with zero attached hydrogens (tertiary/aromatic N) is 3. The molecule has 0 bridgehead atoms. The minimum Gasteiger partial charge on any atom is -0.365 e. The van der Waals surface area contributed by atoms with E-state index in [0.717, 1.165) is 30.1 Å². The van der Waals surface area contributed by atoms with E-state index in [2.05, 4.69) is 15.2 Å². The van der Waals surface area contributed by atoms with Gasteiger partial charge in [0, 0.05) is 11.4 Å². The molecule has 2 amide bonds. The summed E-state index contributed by atoms with van der Waals surface area (Å²) in [6.45, 7) is 2.56. The lowest BCUT2D eigenvalue weighted by Crippen LogP contribution is -2.31. The van der Waals surface area contributed by atoms with Crippen molar-refractivity contribution in [2.45, 2.75) is 31.0 Å². The monoisotopic (exact) mass is 351 g/mol. The van der Waals surface area contributed by atoms with Gasteiger partial charge in [-0.25, -0.2) is 4.98 Å². The fraction of sp³-hybridized carbons (Fsp3) is 0.429. The van der Waals surface area contributed by atoms with E-state index in [9.17, 15) is 9.59 Å². The third-order valence-corrected chi connectivity index (χ3v) is 5.71. The van der Waals surface area contributed by atoms with Gasteiger partial charge in [-0.1, -0.05) is 11.8 Å². The van der Waals surface area contributed by atoms with Gasteiger partial charge in [0.25, 0.3) is 5.91 Å². The number of hydrogen-bond donors (Lipinski definition) is 2. The Kier molecular flexibility index (Phi) is 4.67. The van der Waals surface area contributed by atoms with E-state index in [1.165, 1.54) is 23.1 Å². The molecule has 1 aliphatic rings. The lowest BCUT2D eigenvalue weighted by atomic mass is 10.2. The number of aryl methyl sites for hydroxylation is 1. The molecule has 0 unspecified atom stereocenters. The van der Waals surface area contributed by atoms with Crippen molar-refractivity contribution in [3.05, 3.63) is 27.7 Å². The van der Waals surface area contributed by atoms with E-state index in [1.807, 2.05) is 17.9 Å². The summed E-state index contributed by atoms with van der Waals surface area (Å²) < 4.78 is 0. The van der Waals surface area contributed by atoms with Crippen LogP contribution in [0.2, 0.25) is 0 Å². The largest absolute Gasteiger partial charge is 0.365 e. The molecule has 0 saturated carbocycles. The number of nitrogens with one attached hydrogen (secondary N) is 1. The van der Waals surface area contributed by atoms with Crippen LogP contribution in [0.1, 0.15) is 39.3 Å². The highest BCUT2D eigenvalue weighted by Crippen LogP contribution is 2.36. The highest BCUT2D eigenvalue weighted by Gasteiger charge is 2.31. The summed E-state index contributed by atoms with van der Waals surface area (Å²) in [5.41, 5.74) is 5.31. The number of thioether (sulfide) groups is 1. The standard InChI is InChI=1S/C14H17N5O2S2/c1-8-16-14(18-17-8)22-7-12(20)19-6-2-3-9(19)10-4-5-11(23-10)13(15)21/h4-5,9H,2-3,6-7H2,1H3,(H2,15,21)(H,16,17,18)/t9-/m1/s1. The molecule has 0 radical (unpaired) electrons. The number of amides is 2. The number of aromatic amines is 1. The molecule has 9 heteroatoms. The lowest BCUT2D eigenvalue weighted by Gasteiger charge is -2.23. The van der Waals surface area contributed by atoms with Gasteiger partial charge < -0.3 is 10.6 Å². The summed E-state index contributed by atoms with van der Waals surface area (Å²) in [5.74, 6) is 0.681. The zero-order valence-electron chi connectivity index (χ0n) is 12.6. The van der Waals surface area contributed by atoms with Crippen LogP contribution in [-0.4, -0.2) is 44.2 Å². The smallest absolute Gasteiger partial charge is 0.258 e. The van der Waals surface area contributed by atoms with Crippen molar-refractivity contribution in [2.24, 2.45) is 5.73 Å². The number of H-pyrrole nitrogens is 1. The number of hydrogen-bond acceptors (Lipinski definition) is 6. The van der Waals surface area contributed by atoms with Crippen molar-refractivity contribution in [1.29, 1.82) is 0 Å². The van der Waals surface area contributed by atoms with Crippen molar-refractivity contribution in [3.63, 3.8) is 0 Å². The second-order valence-corrected chi connectivity index (χ2v) is 7.36. The minimum absolute atomic E-state index is 0.0371. The Morgan fingerprint density at radius 3 is 3.00 bits per heavy atom. The molecule has 0 aromatic carbocycles. The summed E-state index contributed by atoms with van der Waals surface area (Å²) in [4.78, 5) is 31.4. The van der Waals surface area contributed by atoms with Crippen LogP contribution in [0.4, 0.5) is 0 Å². The average Bonchev–Trinajstić information content (AvgIpc) is 3.24. The van der Waals surface area contributed by atoms with Gasteiger partial charge >= 0.3 is 0 Å². The number of nitrogens with two attached hydrogens (primary N) is 1. The summed E-state index contributed by atoms with van der Waals surface area (Å²) in [6, 6.07) is 3.66. The van der Waals surface area contributed by atoms with Crippen molar-refractivity contribution >= 4 is 34.9 Å². The van der Waals surface area contributed by atoms with Gasteiger partial charge in [0.1, 0.15) is 5.82 Å². The molecule has 2 aromatic rings. The van der Waals surface area contributed by atoms with E-state index >= 15 is 0 Å². The maximum Gasteiger partial charge on any atom is 0.258 e. The number of likely N-dealkylation sites (tertiary alicyclic amines) is 1. The van der Waals surface area contributed by atoms with Crippen LogP contribution in [0, 0.1) is 6.92 Å². The first kappa shape index (κ1) is 16.0. The Morgan fingerprint density at radius 2 is 2.35 bits per heavy atom. The van der Waals surface area contributed by atoms with Crippen molar-refractivity contribution in [3.8, 4) is 0 Å². The van der Waals surface area contributed by atoms with E-state index in [0.29, 0.717) is 15.8 Å². The molecule has 1 aliphatic heterocycles. The normalized spacial score (nSPS) is 17.6. The topological polar surface area (TPSA) is 105 Å². The molecular weight excluding hydrogens is 334 g/mol. The number of primary amides is 1. The number of aromatic nitrogens is 3. The van der Waals surface area contributed by atoms with Gasteiger partial charge in [-0.15, -0.1) is 16.4 Å². The quantitative estimate of drug-likeness (QED) is 0.798. The van der Waals surface area contributed by atoms with Gasteiger partial charge in [0.15, 0.2) is 0 Å². The summed E-state index contributed by atoms with van der Waals surface area (Å²) in [7, 11) is 0. The first-order valence-electron chi connectivity index (χ1n) is 7.25. The molecule has 0 spiro atoms. The molecule has 1 atom stereocenters. The summed E-state index contributed by atoms with van der Waals surface area (Å²) in [5, 5.41) is 7.36. The lowest BCUT2D eigenvalue weighted by molar-refractivity contribution is -0.129. The average molecular weight is 351 g/mol. The van der Waals surface area contributed by atoms with Crippen LogP contribution in [0.5, 0.6) is 0 Å². The van der Waals surface area contributed by atoms with Crippen LogP contribution in [-0.2, 0) is 4.79 Å². The van der Waals surface area contributed by atoms with Crippen LogP contribution in [0.25, 0.3) is 0 Å². The summed E-state index contributed by atoms with van der Waals surface area (Å²) >= 11 is 2.70. The second kappa shape index (κ2) is 6.71. The maximum absolute atomic E-state index is 12.5. The SMILES string of the molecule is Cc1nc(SCC(=O)N2CCC[C@@H]2c2ccc(C(N)=O)s2)n[nH]1. The number of rotatable bonds is 5. The third kappa shape index (κ3) is 3.56. The Balaban J connectivity index is 1.65. The first-order valence-corrected chi connectivity index (χ1v) is 9.05. The summed E-state index contributed by atoms with van der Waals surface area (Å²) in [6.07, 6.45) is 1.87. The van der Waals surface area contributed by atoms with E-state index in [-0.39, 0.29) is 11.9 Å². The maximum atomic E-state index is 12.5. The van der Waals surface area contributed by atoms with Crippen LogP contribution < -0.4 is 5.73 Å². The van der Waals surface area contributed by atoms with Gasteiger partial charge in [0.2, 0.25) is 11.1 Å². The first-order chi connectivity index (χ1) is 11.0. The van der Waals surface area contributed by atoms with Gasteiger partial charge in [-0.3, -0.25) is 14.7 Å². The zero-order chi connectivity index (χ0) is 16.4. The Labute approximate surface area is 141 Å². The Morgan fingerprint density at radius 1 is 1.52 bits per heavy atom. The Hall–Kier alpha value is -1.87. The highest BCUT2D eigenvalue weighted by molar-refractivity contribution is 7.99. The molecule has 122 valence electrons. The van der Waals surface area contributed by atoms with E-state index in [4.69, 9.17) is 5.73 Å². The van der Waals surface area contributed by atoms with Crippen molar-refractivity contribution in [1.82, 2.24) is 20.1 Å². The molecule has 7 nitrogen and oxygen atoms in total. The highest BCUT2D eigenvalue weighted by atomic mass is 32.2. The van der Waals surface area contributed by atoms with Crippen LogP contribution >= 0.6 is 23.1 Å². The fourth-order valence-corrected chi connectivity index (χ4v) is 4.36. The fourth-order valence-electron chi connectivity index (χ4n) is 2.62. The van der Waals surface area contributed by atoms with Crippen molar-refractivity contribution < 1.29 is 9.59 Å². The van der Waals surface area contributed by atoms with E-state index < -0.39 is 5.91 Å². The molecule has 23 heavy (non-hydrogen) atoms. The molecular formula is C14H17N5O2S2. The van der Waals surface area contributed by atoms with Crippen molar-refractivity contribution in [2.75, 3.05) is 12.3 Å². The van der Waals surface area contributed by atoms with Gasteiger partial charge in [-0.05, 0) is 31.9 Å². The number of thiophene rings is 1. The second-order valence-electron chi connectivity index (χ2n) is 5.30. The van der Waals surface area contributed by atoms with E-state index in [1.54, 1.807) is 6.07 Å². The van der Waals surface area contributed by atoms with Crippen LogP contribution in [0.3, 0.4) is 0 Å². The zero-order valence-corrected chi connectivity index (χ0v) is 14.2. The molecule has 3 heterocycles. The predicted octanol–water partition coefficient (Wildman–Crippen LogP) is 1.73. The molecule has 1 fully saturated rings. The molecule has 2 aromatic heterocycles. The molecule has 3 rings (SSSR count). The Bertz CT molecular complexity index is 726. The third-order valence-electron chi connectivity index (χ3n) is 3.67. The van der Waals surface area contributed by atoms with Gasteiger partial charge in [-0.2, -0.15) is 0 Å². The molecule has 3 N–H and O–H groups in total. The predicted molar refractivity (Wildman–Crippen MR) is 88.4 cm³/mol. The molecule has 0 aliphatic carbocycles. The number of carbonyl (C=O) groups is 2. The van der Waals surface area contributed by atoms with Gasteiger partial charge in [0.05, 0.1) is 16.7 Å². The minimum atomic E-state index is -0.423. The van der Waals surface area contributed by atoms with Crippen LogP contribution in [0.15, 0.2) is 17.3 Å². The molecule has 1 saturated heterocycles.